The molecule has 1 aliphatic heterocycles. The molecule has 152 valence electrons. The third-order valence-electron chi connectivity index (χ3n) is 4.62. The van der Waals surface area contributed by atoms with Crippen molar-refractivity contribution >= 4 is 28.8 Å². The molecule has 1 aliphatic rings. The van der Waals surface area contributed by atoms with Crippen molar-refractivity contribution in [1.29, 1.82) is 10.5 Å². The number of nitrogens with zero attached hydrogens (tertiary/aromatic N) is 5. The maximum atomic E-state index is 12.3. The minimum absolute atomic E-state index is 0.0569. The highest BCUT2D eigenvalue weighted by atomic mass is 35.5. The van der Waals surface area contributed by atoms with Gasteiger partial charge in [0.2, 0.25) is 0 Å². The molecule has 0 aliphatic carbocycles. The number of nitrogens with one attached hydrogen (secondary N) is 1. The molecule has 3 rings (SSSR count). The topological polar surface area (TPSA) is 97.9 Å². The van der Waals surface area contributed by atoms with Crippen molar-refractivity contribution in [2.24, 2.45) is 0 Å². The molecule has 3 heterocycles. The Morgan fingerprint density at radius 2 is 2.21 bits per heavy atom. The summed E-state index contributed by atoms with van der Waals surface area (Å²) < 4.78 is 29.6. The normalized spacial score (nSPS) is 14.7. The van der Waals surface area contributed by atoms with Crippen LogP contribution in [0.25, 0.3) is 0 Å². The summed E-state index contributed by atoms with van der Waals surface area (Å²) in [5, 5.41) is 21.6. The summed E-state index contributed by atoms with van der Waals surface area (Å²) >= 11 is 7.42. The predicted molar refractivity (Wildman–Crippen MR) is 104 cm³/mol. The molecule has 1 atom stereocenters. The Bertz CT molecular complexity index is 970. The van der Waals surface area contributed by atoms with E-state index in [2.05, 4.69) is 26.3 Å². The lowest BCUT2D eigenvalue weighted by Gasteiger charge is -2.34. The Labute approximate surface area is 175 Å². The van der Waals surface area contributed by atoms with E-state index in [0.717, 1.165) is 16.0 Å². The molecule has 2 aromatic rings. The van der Waals surface area contributed by atoms with Gasteiger partial charge in [-0.2, -0.15) is 10.5 Å². The molecule has 1 unspecified atom stereocenters. The number of thiazole rings is 1. The highest BCUT2D eigenvalue weighted by Crippen LogP contribution is 2.36. The zero-order valence-electron chi connectivity index (χ0n) is 15.5. The van der Waals surface area contributed by atoms with Crippen LogP contribution < -0.4 is 10.1 Å². The van der Waals surface area contributed by atoms with Crippen LogP contribution in [0.4, 0.5) is 14.6 Å². The zero-order chi connectivity index (χ0) is 21.0. The number of rotatable bonds is 7. The van der Waals surface area contributed by atoms with Crippen LogP contribution in [0.1, 0.15) is 34.5 Å². The average Bonchev–Trinajstić information content (AvgIpc) is 3.18. The fourth-order valence-electron chi connectivity index (χ4n) is 3.18. The van der Waals surface area contributed by atoms with Gasteiger partial charge in [-0.1, -0.05) is 22.9 Å². The first-order valence-corrected chi connectivity index (χ1v) is 9.96. The van der Waals surface area contributed by atoms with Gasteiger partial charge in [0.25, 0.3) is 11.6 Å². The number of ether oxygens (including phenoxy) is 1. The number of nitriles is 2. The third kappa shape index (κ3) is 4.73. The van der Waals surface area contributed by atoms with Gasteiger partial charge in [0, 0.05) is 35.8 Å². The van der Waals surface area contributed by atoms with Gasteiger partial charge in [-0.3, -0.25) is 4.90 Å². The Morgan fingerprint density at radius 3 is 2.90 bits per heavy atom. The van der Waals surface area contributed by atoms with Crippen molar-refractivity contribution in [2.75, 3.05) is 25.0 Å². The van der Waals surface area contributed by atoms with Crippen molar-refractivity contribution < 1.29 is 13.5 Å². The number of halogens is 3. The highest BCUT2D eigenvalue weighted by Gasteiger charge is 2.29. The number of fused-ring (bicyclic) bond motifs is 1. The summed E-state index contributed by atoms with van der Waals surface area (Å²) in [5.74, 6) is 0.526. The van der Waals surface area contributed by atoms with Crippen molar-refractivity contribution in [3.05, 3.63) is 32.9 Å². The Morgan fingerprint density at radius 1 is 1.41 bits per heavy atom. The molecular weight excluding hydrogens is 422 g/mol. The molecule has 0 amide bonds. The van der Waals surface area contributed by atoms with E-state index in [4.69, 9.17) is 21.6 Å². The van der Waals surface area contributed by atoms with Gasteiger partial charge in [0.1, 0.15) is 23.6 Å². The van der Waals surface area contributed by atoms with Crippen LogP contribution in [0.15, 0.2) is 6.20 Å². The predicted octanol–water partition coefficient (Wildman–Crippen LogP) is 3.76. The molecule has 0 saturated heterocycles. The summed E-state index contributed by atoms with van der Waals surface area (Å²) in [6.07, 6.45) is -0.305. The second kappa shape index (κ2) is 9.31. The molecule has 29 heavy (non-hydrogen) atoms. The van der Waals surface area contributed by atoms with Crippen molar-refractivity contribution in [3.63, 3.8) is 0 Å². The van der Waals surface area contributed by atoms with Crippen LogP contribution in [0.3, 0.4) is 0 Å². The van der Waals surface area contributed by atoms with Gasteiger partial charge >= 0.3 is 0 Å². The summed E-state index contributed by atoms with van der Waals surface area (Å²) in [6, 6.07) is 4.07. The van der Waals surface area contributed by atoms with Gasteiger partial charge in [-0.05, 0) is 18.9 Å². The van der Waals surface area contributed by atoms with E-state index >= 15 is 0 Å². The molecule has 0 saturated carbocycles. The molecule has 1 N–H and O–H groups in total. The van der Waals surface area contributed by atoms with Crippen molar-refractivity contribution in [2.45, 2.75) is 32.4 Å². The maximum Gasteiger partial charge on any atom is 0.273 e. The maximum absolute atomic E-state index is 12.3. The molecule has 0 fully saturated rings. The van der Waals surface area contributed by atoms with E-state index < -0.39 is 13.0 Å². The number of anilines is 1. The second-order valence-electron chi connectivity index (χ2n) is 6.33. The molecule has 0 bridgehead atoms. The second-order valence-corrected chi connectivity index (χ2v) is 7.72. The van der Waals surface area contributed by atoms with Crippen LogP contribution in [-0.2, 0) is 13.0 Å². The number of hydrogen-bond acceptors (Lipinski definition) is 8. The Hall–Kier alpha value is -2.53. The molecule has 0 spiro atoms. The molecule has 0 radical (unpaired) electrons. The zero-order valence-corrected chi connectivity index (χ0v) is 17.0. The molecule has 0 aromatic carbocycles. The molecular formula is C18H17ClF2N6OS. The summed E-state index contributed by atoms with van der Waals surface area (Å²) in [7, 11) is 0. The molecule has 7 nitrogen and oxygen atoms in total. The largest absolute Gasteiger partial charge is 0.464 e. The summed E-state index contributed by atoms with van der Waals surface area (Å²) in [5.41, 5.74) is 1.99. The molecule has 11 heteroatoms. The van der Waals surface area contributed by atoms with Crippen LogP contribution in [0.2, 0.25) is 5.15 Å². The standard InChI is InChI=1S/C18H17ClF2N6OS/c1-10(14-7-25-18(29-14)28-9-15(20)21)27-5-2-11-13(8-27)12(6-23)16(19)26-17(11)24-4-3-22/h7,10,15H,2,4-5,8-9H2,1H3,(H,24,26). The quantitative estimate of drug-likeness (QED) is 0.519. The van der Waals surface area contributed by atoms with Crippen molar-refractivity contribution in [3.8, 4) is 17.3 Å². The van der Waals surface area contributed by atoms with E-state index in [0.29, 0.717) is 30.9 Å². The Balaban J connectivity index is 1.82. The SMILES string of the molecule is CC(c1cnc(OCC(F)F)s1)N1CCc2c(NCC#N)nc(Cl)c(C#N)c2C1. The van der Waals surface area contributed by atoms with Gasteiger partial charge < -0.3 is 10.1 Å². The summed E-state index contributed by atoms with van der Waals surface area (Å²) in [6.45, 7) is 2.54. The number of hydrogen-bond donors (Lipinski definition) is 1. The third-order valence-corrected chi connectivity index (χ3v) is 5.97. The van der Waals surface area contributed by atoms with Crippen LogP contribution >= 0.6 is 22.9 Å². The number of aromatic nitrogens is 2. The minimum Gasteiger partial charge on any atom is -0.464 e. The number of pyridine rings is 1. The average molecular weight is 439 g/mol. The fraction of sp³-hybridized carbons (Fsp3) is 0.444. The van der Waals surface area contributed by atoms with E-state index in [9.17, 15) is 14.0 Å². The number of alkyl halides is 2. The van der Waals surface area contributed by atoms with Gasteiger partial charge in [0.15, 0.2) is 6.61 Å². The minimum atomic E-state index is -2.55. The molecule has 2 aromatic heterocycles. The monoisotopic (exact) mass is 438 g/mol. The van der Waals surface area contributed by atoms with E-state index in [1.54, 1.807) is 6.20 Å². The van der Waals surface area contributed by atoms with E-state index in [1.807, 2.05) is 13.0 Å². The van der Waals surface area contributed by atoms with E-state index in [-0.39, 0.29) is 22.9 Å². The summed E-state index contributed by atoms with van der Waals surface area (Å²) in [4.78, 5) is 11.3. The first-order valence-electron chi connectivity index (χ1n) is 8.77. The van der Waals surface area contributed by atoms with Gasteiger partial charge in [0.05, 0.1) is 11.6 Å². The lowest BCUT2D eigenvalue weighted by atomic mass is 9.95. The first-order chi connectivity index (χ1) is 13.9. The lowest BCUT2D eigenvalue weighted by Crippen LogP contribution is -2.34. The lowest BCUT2D eigenvalue weighted by molar-refractivity contribution is 0.0817. The van der Waals surface area contributed by atoms with Crippen molar-refractivity contribution in [1.82, 2.24) is 14.9 Å². The van der Waals surface area contributed by atoms with Crippen LogP contribution in [0, 0.1) is 22.7 Å². The van der Waals surface area contributed by atoms with Crippen LogP contribution in [0.5, 0.6) is 5.19 Å². The van der Waals surface area contributed by atoms with Crippen LogP contribution in [-0.4, -0.2) is 41.0 Å². The van der Waals surface area contributed by atoms with E-state index in [1.165, 1.54) is 11.3 Å². The Kier molecular flexibility index (Phi) is 6.80. The van der Waals surface area contributed by atoms with Gasteiger partial charge in [-0.15, -0.1) is 0 Å². The smallest absolute Gasteiger partial charge is 0.273 e. The van der Waals surface area contributed by atoms with Gasteiger partial charge in [-0.25, -0.2) is 18.7 Å². The first kappa shape index (κ1) is 21.2. The highest BCUT2D eigenvalue weighted by molar-refractivity contribution is 7.13. The fourth-order valence-corrected chi connectivity index (χ4v) is 4.28.